The van der Waals surface area contributed by atoms with Crippen LogP contribution in [0.25, 0.3) is 0 Å². The molecule has 0 fully saturated rings. The van der Waals surface area contributed by atoms with Crippen molar-refractivity contribution in [3.63, 3.8) is 0 Å². The minimum Gasteiger partial charge on any atom is -0.475 e. The molecule has 0 aliphatic rings. The van der Waals surface area contributed by atoms with Crippen molar-refractivity contribution < 1.29 is 4.74 Å². The quantitative estimate of drug-likeness (QED) is 0.876. The second kappa shape index (κ2) is 6.56. The first-order valence-electron chi connectivity index (χ1n) is 6.31. The molecule has 0 spiro atoms. The van der Waals surface area contributed by atoms with Crippen molar-refractivity contribution in [2.24, 2.45) is 0 Å². The molecule has 20 heavy (non-hydrogen) atoms. The average molecular weight is 337 g/mol. The number of hydrogen-bond donors (Lipinski definition) is 2. The van der Waals surface area contributed by atoms with E-state index in [-0.39, 0.29) is 6.10 Å². The molecule has 0 atom stereocenters. The summed E-state index contributed by atoms with van der Waals surface area (Å²) in [6, 6.07) is 3.86. The van der Waals surface area contributed by atoms with Gasteiger partial charge in [-0.1, -0.05) is 6.07 Å². The smallest absolute Gasteiger partial charge is 0.218 e. The third-order valence-electron chi connectivity index (χ3n) is 2.58. The maximum atomic E-state index is 5.90. The summed E-state index contributed by atoms with van der Waals surface area (Å²) in [5, 5.41) is 3.28. The minimum absolute atomic E-state index is 0.0846. The Morgan fingerprint density at radius 2 is 2.20 bits per heavy atom. The lowest BCUT2D eigenvalue weighted by Crippen LogP contribution is -2.11. The van der Waals surface area contributed by atoms with Crippen LogP contribution in [-0.4, -0.2) is 16.1 Å². The summed E-state index contributed by atoms with van der Waals surface area (Å²) in [5.41, 5.74) is 8.29. The monoisotopic (exact) mass is 336 g/mol. The molecule has 5 nitrogen and oxygen atoms in total. The van der Waals surface area contributed by atoms with Crippen LogP contribution in [0.4, 0.5) is 11.4 Å². The number of nitrogens with two attached hydrogens (primary N) is 1. The van der Waals surface area contributed by atoms with Gasteiger partial charge in [0.15, 0.2) is 0 Å². The Morgan fingerprint density at radius 1 is 1.40 bits per heavy atom. The Labute approximate surface area is 126 Å². The van der Waals surface area contributed by atoms with Gasteiger partial charge in [0.05, 0.1) is 28.1 Å². The van der Waals surface area contributed by atoms with Crippen LogP contribution in [0, 0.1) is 0 Å². The van der Waals surface area contributed by atoms with E-state index in [0.29, 0.717) is 18.1 Å². The van der Waals surface area contributed by atoms with Crippen LogP contribution in [0.5, 0.6) is 5.88 Å². The molecular weight excluding hydrogens is 320 g/mol. The molecule has 2 rings (SSSR count). The summed E-state index contributed by atoms with van der Waals surface area (Å²) < 4.78 is 6.51. The largest absolute Gasteiger partial charge is 0.475 e. The summed E-state index contributed by atoms with van der Waals surface area (Å²) in [5.74, 6) is 0.638. The van der Waals surface area contributed by atoms with Crippen molar-refractivity contribution >= 4 is 27.3 Å². The normalized spacial score (nSPS) is 10.6. The second-order valence-electron chi connectivity index (χ2n) is 4.57. The van der Waals surface area contributed by atoms with Gasteiger partial charge in [-0.3, -0.25) is 4.98 Å². The van der Waals surface area contributed by atoms with Gasteiger partial charge in [-0.25, -0.2) is 4.98 Å². The molecule has 0 saturated heterocycles. The Morgan fingerprint density at radius 3 is 2.90 bits per heavy atom. The van der Waals surface area contributed by atoms with E-state index in [1.807, 2.05) is 26.0 Å². The molecule has 2 aromatic heterocycles. The number of nitrogens with one attached hydrogen (secondary N) is 1. The lowest BCUT2D eigenvalue weighted by molar-refractivity contribution is 0.230. The molecule has 6 heteroatoms. The standard InChI is InChI=1S/C14H17BrN4O/c1-9(2)20-14-10(4-3-5-18-14)6-19-13-11(15)7-17-8-12(13)16/h3-5,7-9H,6,16H2,1-2H3,(H,17,19). The molecule has 0 radical (unpaired) electrons. The topological polar surface area (TPSA) is 73.1 Å². The molecule has 0 unspecified atom stereocenters. The Bertz CT molecular complexity index is 569. The van der Waals surface area contributed by atoms with Crippen LogP contribution >= 0.6 is 15.9 Å². The fourth-order valence-corrected chi connectivity index (χ4v) is 2.20. The van der Waals surface area contributed by atoms with Gasteiger partial charge in [0.2, 0.25) is 5.88 Å². The highest BCUT2D eigenvalue weighted by atomic mass is 79.9. The van der Waals surface area contributed by atoms with Crippen LogP contribution < -0.4 is 15.8 Å². The van der Waals surface area contributed by atoms with Crippen molar-refractivity contribution in [3.8, 4) is 5.88 Å². The lowest BCUT2D eigenvalue weighted by Gasteiger charge is -2.15. The molecule has 0 amide bonds. The fraction of sp³-hybridized carbons (Fsp3) is 0.286. The third kappa shape index (κ3) is 3.60. The molecule has 0 aliphatic carbocycles. The van der Waals surface area contributed by atoms with E-state index in [4.69, 9.17) is 10.5 Å². The summed E-state index contributed by atoms with van der Waals surface area (Å²) >= 11 is 3.43. The SMILES string of the molecule is CC(C)Oc1ncccc1CNc1c(N)cncc1Br. The van der Waals surface area contributed by atoms with Crippen molar-refractivity contribution in [1.29, 1.82) is 0 Å². The zero-order chi connectivity index (χ0) is 14.5. The second-order valence-corrected chi connectivity index (χ2v) is 5.43. The van der Waals surface area contributed by atoms with Gasteiger partial charge in [0.1, 0.15) is 0 Å². The van der Waals surface area contributed by atoms with E-state index < -0.39 is 0 Å². The van der Waals surface area contributed by atoms with E-state index in [0.717, 1.165) is 15.7 Å². The first-order valence-corrected chi connectivity index (χ1v) is 7.10. The third-order valence-corrected chi connectivity index (χ3v) is 3.18. The number of ether oxygens (including phenoxy) is 1. The molecule has 2 heterocycles. The number of hydrogen-bond acceptors (Lipinski definition) is 5. The molecule has 3 N–H and O–H groups in total. The van der Waals surface area contributed by atoms with Crippen molar-refractivity contribution in [2.75, 3.05) is 11.1 Å². The summed E-state index contributed by atoms with van der Waals surface area (Å²) in [4.78, 5) is 8.27. The number of aromatic nitrogens is 2. The number of anilines is 2. The number of nitrogens with zero attached hydrogens (tertiary/aromatic N) is 2. The zero-order valence-electron chi connectivity index (χ0n) is 11.4. The van der Waals surface area contributed by atoms with E-state index in [1.165, 1.54) is 0 Å². The van der Waals surface area contributed by atoms with Crippen LogP contribution in [0.2, 0.25) is 0 Å². The van der Waals surface area contributed by atoms with Gasteiger partial charge >= 0.3 is 0 Å². The predicted octanol–water partition coefficient (Wildman–Crippen LogP) is 3.22. The Balaban J connectivity index is 2.15. The fourth-order valence-electron chi connectivity index (χ4n) is 1.71. The number of halogens is 1. The van der Waals surface area contributed by atoms with Crippen molar-refractivity contribution in [1.82, 2.24) is 9.97 Å². The van der Waals surface area contributed by atoms with Gasteiger partial charge < -0.3 is 15.8 Å². The van der Waals surface area contributed by atoms with Gasteiger partial charge in [-0.05, 0) is 35.8 Å². The van der Waals surface area contributed by atoms with Crippen molar-refractivity contribution in [2.45, 2.75) is 26.5 Å². The molecular formula is C14H17BrN4O. The van der Waals surface area contributed by atoms with Crippen LogP contribution in [0.1, 0.15) is 19.4 Å². The highest BCUT2D eigenvalue weighted by Gasteiger charge is 2.09. The summed E-state index contributed by atoms with van der Waals surface area (Å²) in [7, 11) is 0. The first kappa shape index (κ1) is 14.6. The number of pyridine rings is 2. The van der Waals surface area contributed by atoms with Gasteiger partial charge in [-0.15, -0.1) is 0 Å². The van der Waals surface area contributed by atoms with Gasteiger partial charge in [0, 0.05) is 24.5 Å². The van der Waals surface area contributed by atoms with E-state index in [2.05, 4.69) is 31.2 Å². The van der Waals surface area contributed by atoms with E-state index in [1.54, 1.807) is 18.6 Å². The highest BCUT2D eigenvalue weighted by molar-refractivity contribution is 9.10. The lowest BCUT2D eigenvalue weighted by atomic mass is 10.2. The summed E-state index contributed by atoms with van der Waals surface area (Å²) in [6.45, 7) is 4.52. The highest BCUT2D eigenvalue weighted by Crippen LogP contribution is 2.28. The van der Waals surface area contributed by atoms with Crippen molar-refractivity contribution in [3.05, 3.63) is 40.8 Å². The Kier molecular flexibility index (Phi) is 4.79. The summed E-state index contributed by atoms with van der Waals surface area (Å²) in [6.07, 6.45) is 5.12. The molecule has 0 aromatic carbocycles. The average Bonchev–Trinajstić information content (AvgIpc) is 2.39. The maximum Gasteiger partial charge on any atom is 0.218 e. The molecule has 0 bridgehead atoms. The van der Waals surface area contributed by atoms with Crippen LogP contribution in [-0.2, 0) is 6.54 Å². The first-order chi connectivity index (χ1) is 9.58. The molecule has 2 aromatic rings. The zero-order valence-corrected chi connectivity index (χ0v) is 13.0. The predicted molar refractivity (Wildman–Crippen MR) is 83.7 cm³/mol. The molecule has 0 aliphatic heterocycles. The van der Waals surface area contributed by atoms with Gasteiger partial charge in [0.25, 0.3) is 0 Å². The van der Waals surface area contributed by atoms with E-state index in [9.17, 15) is 0 Å². The molecule has 106 valence electrons. The minimum atomic E-state index is 0.0846. The maximum absolute atomic E-state index is 5.90. The van der Waals surface area contributed by atoms with Crippen LogP contribution in [0.15, 0.2) is 35.2 Å². The number of rotatable bonds is 5. The number of nitrogen functional groups attached to an aromatic ring is 1. The Hall–Kier alpha value is -1.82. The van der Waals surface area contributed by atoms with Crippen LogP contribution in [0.3, 0.4) is 0 Å². The van der Waals surface area contributed by atoms with E-state index >= 15 is 0 Å². The molecule has 0 saturated carbocycles. The van der Waals surface area contributed by atoms with Gasteiger partial charge in [-0.2, -0.15) is 0 Å².